The van der Waals surface area contributed by atoms with Crippen molar-refractivity contribution < 1.29 is 13.9 Å². The first kappa shape index (κ1) is 18.4. The van der Waals surface area contributed by atoms with E-state index in [1.807, 2.05) is 6.07 Å². The van der Waals surface area contributed by atoms with Crippen molar-refractivity contribution in [2.75, 3.05) is 13.2 Å². The number of halogens is 1. The van der Waals surface area contributed by atoms with E-state index in [2.05, 4.69) is 5.32 Å². The highest BCUT2D eigenvalue weighted by Gasteiger charge is 2.42. The standard InChI is InChI=1S/C21H30FNO2/c22-18-9-6-8-17(16-18)21(12-4-5-13-21)20(24)23-14-7-15-25-19-10-2-1-3-11-19/h6,8-9,16,19H,1-5,7,10-15H2,(H,23,24). The largest absolute Gasteiger partial charge is 0.378 e. The van der Waals surface area contributed by atoms with Gasteiger partial charge in [-0.2, -0.15) is 0 Å². The zero-order valence-electron chi connectivity index (χ0n) is 15.1. The van der Waals surface area contributed by atoms with Gasteiger partial charge in [0.1, 0.15) is 5.82 Å². The molecule has 0 saturated heterocycles. The fourth-order valence-electron chi connectivity index (χ4n) is 4.34. The van der Waals surface area contributed by atoms with E-state index in [1.165, 1.54) is 44.2 Å². The molecular weight excluding hydrogens is 317 g/mol. The van der Waals surface area contributed by atoms with Gasteiger partial charge in [0.05, 0.1) is 11.5 Å². The number of nitrogens with one attached hydrogen (secondary N) is 1. The van der Waals surface area contributed by atoms with Crippen molar-refractivity contribution in [3.05, 3.63) is 35.6 Å². The predicted molar refractivity (Wildman–Crippen MR) is 97.0 cm³/mol. The molecule has 4 heteroatoms. The Bertz CT molecular complexity index is 563. The van der Waals surface area contributed by atoms with Crippen LogP contribution in [0, 0.1) is 5.82 Å². The van der Waals surface area contributed by atoms with Gasteiger partial charge in [0.25, 0.3) is 0 Å². The van der Waals surface area contributed by atoms with Gasteiger partial charge in [0.2, 0.25) is 5.91 Å². The van der Waals surface area contributed by atoms with E-state index >= 15 is 0 Å². The van der Waals surface area contributed by atoms with Gasteiger partial charge in [-0.1, -0.05) is 44.2 Å². The van der Waals surface area contributed by atoms with Gasteiger partial charge in [-0.25, -0.2) is 4.39 Å². The van der Waals surface area contributed by atoms with Crippen molar-refractivity contribution in [3.8, 4) is 0 Å². The van der Waals surface area contributed by atoms with Crippen LogP contribution in [0.3, 0.4) is 0 Å². The van der Waals surface area contributed by atoms with Crippen LogP contribution < -0.4 is 5.32 Å². The van der Waals surface area contributed by atoms with Gasteiger partial charge in [-0.15, -0.1) is 0 Å². The van der Waals surface area contributed by atoms with Crippen LogP contribution >= 0.6 is 0 Å². The van der Waals surface area contributed by atoms with Gasteiger partial charge < -0.3 is 10.1 Å². The summed E-state index contributed by atoms with van der Waals surface area (Å²) in [6.07, 6.45) is 11.1. The second-order valence-corrected chi connectivity index (χ2v) is 7.54. The van der Waals surface area contributed by atoms with E-state index in [9.17, 15) is 9.18 Å². The normalized spacial score (nSPS) is 20.5. The Morgan fingerprint density at radius 2 is 1.92 bits per heavy atom. The first-order valence-corrected chi connectivity index (χ1v) is 9.87. The molecule has 1 amide bonds. The Kier molecular flexibility index (Phi) is 6.46. The maximum absolute atomic E-state index is 13.6. The first-order chi connectivity index (χ1) is 12.2. The summed E-state index contributed by atoms with van der Waals surface area (Å²) in [6, 6.07) is 6.56. The molecule has 0 aromatic heterocycles. The van der Waals surface area contributed by atoms with E-state index < -0.39 is 5.41 Å². The van der Waals surface area contributed by atoms with Crippen molar-refractivity contribution in [2.45, 2.75) is 75.7 Å². The summed E-state index contributed by atoms with van der Waals surface area (Å²) in [5.41, 5.74) is 0.271. The molecule has 3 rings (SSSR count). The monoisotopic (exact) mass is 347 g/mol. The van der Waals surface area contributed by atoms with E-state index in [1.54, 1.807) is 6.07 Å². The maximum atomic E-state index is 13.6. The molecule has 2 aliphatic rings. The molecule has 0 aliphatic heterocycles. The van der Waals surface area contributed by atoms with Gasteiger partial charge in [0, 0.05) is 13.2 Å². The van der Waals surface area contributed by atoms with E-state index in [4.69, 9.17) is 4.74 Å². The summed E-state index contributed by atoms with van der Waals surface area (Å²) >= 11 is 0. The molecule has 2 fully saturated rings. The molecule has 0 unspecified atom stereocenters. The molecule has 2 saturated carbocycles. The van der Waals surface area contributed by atoms with Crippen molar-refractivity contribution in [3.63, 3.8) is 0 Å². The lowest BCUT2D eigenvalue weighted by atomic mass is 9.78. The van der Waals surface area contributed by atoms with Crippen LogP contribution in [0.15, 0.2) is 24.3 Å². The first-order valence-electron chi connectivity index (χ1n) is 9.87. The smallest absolute Gasteiger partial charge is 0.230 e. The van der Waals surface area contributed by atoms with E-state index in [0.29, 0.717) is 19.3 Å². The molecule has 0 heterocycles. The number of ether oxygens (including phenoxy) is 1. The van der Waals surface area contributed by atoms with Gasteiger partial charge in [0.15, 0.2) is 0 Å². The van der Waals surface area contributed by atoms with Crippen LogP contribution in [-0.4, -0.2) is 25.2 Å². The number of benzene rings is 1. The lowest BCUT2D eigenvalue weighted by Crippen LogP contribution is -2.43. The number of hydrogen-bond acceptors (Lipinski definition) is 2. The lowest BCUT2D eigenvalue weighted by Gasteiger charge is -2.28. The van der Waals surface area contributed by atoms with E-state index in [0.717, 1.165) is 37.7 Å². The quantitative estimate of drug-likeness (QED) is 0.738. The number of carbonyl (C=O) groups is 1. The molecule has 0 bridgehead atoms. The summed E-state index contributed by atoms with van der Waals surface area (Å²) in [5, 5.41) is 3.08. The number of amides is 1. The van der Waals surface area contributed by atoms with Crippen molar-refractivity contribution in [1.82, 2.24) is 5.32 Å². The number of rotatable bonds is 7. The second kappa shape index (κ2) is 8.79. The Morgan fingerprint density at radius 1 is 1.16 bits per heavy atom. The molecule has 2 aliphatic carbocycles. The number of carbonyl (C=O) groups excluding carboxylic acids is 1. The Hall–Kier alpha value is -1.42. The highest BCUT2D eigenvalue weighted by atomic mass is 19.1. The molecule has 0 atom stereocenters. The van der Waals surface area contributed by atoms with Gasteiger partial charge in [-0.05, 0) is 49.8 Å². The SMILES string of the molecule is O=C(NCCCOC1CCCCC1)C1(c2cccc(F)c2)CCCC1. The minimum atomic E-state index is -0.549. The van der Waals surface area contributed by atoms with Crippen LogP contribution in [0.25, 0.3) is 0 Å². The summed E-state index contributed by atoms with van der Waals surface area (Å²) in [7, 11) is 0. The third kappa shape index (κ3) is 4.60. The fraction of sp³-hybridized carbons (Fsp3) is 0.667. The molecule has 3 nitrogen and oxygen atoms in total. The van der Waals surface area contributed by atoms with Crippen LogP contribution in [0.4, 0.5) is 4.39 Å². The maximum Gasteiger partial charge on any atom is 0.230 e. The number of hydrogen-bond donors (Lipinski definition) is 1. The Labute approximate surface area is 150 Å². The average Bonchev–Trinajstić information content (AvgIpc) is 3.13. The molecule has 1 aromatic rings. The lowest BCUT2D eigenvalue weighted by molar-refractivity contribution is -0.126. The van der Waals surface area contributed by atoms with Crippen molar-refractivity contribution >= 4 is 5.91 Å². The van der Waals surface area contributed by atoms with Gasteiger partial charge >= 0.3 is 0 Å². The molecule has 0 radical (unpaired) electrons. The topological polar surface area (TPSA) is 38.3 Å². The van der Waals surface area contributed by atoms with Crippen LogP contribution in [0.5, 0.6) is 0 Å². The highest BCUT2D eigenvalue weighted by molar-refractivity contribution is 5.88. The third-order valence-electron chi connectivity index (χ3n) is 5.78. The average molecular weight is 347 g/mol. The zero-order chi connectivity index (χ0) is 17.5. The predicted octanol–water partition coefficient (Wildman–Crippen LogP) is 4.49. The highest BCUT2D eigenvalue weighted by Crippen LogP contribution is 2.41. The minimum Gasteiger partial charge on any atom is -0.378 e. The summed E-state index contributed by atoms with van der Waals surface area (Å²) in [6.45, 7) is 1.33. The van der Waals surface area contributed by atoms with Crippen LogP contribution in [-0.2, 0) is 14.9 Å². The van der Waals surface area contributed by atoms with Gasteiger partial charge in [-0.3, -0.25) is 4.79 Å². The third-order valence-corrected chi connectivity index (χ3v) is 5.78. The Balaban J connectivity index is 1.48. The van der Waals surface area contributed by atoms with Crippen molar-refractivity contribution in [1.29, 1.82) is 0 Å². The zero-order valence-corrected chi connectivity index (χ0v) is 15.1. The molecule has 138 valence electrons. The van der Waals surface area contributed by atoms with E-state index in [-0.39, 0.29) is 11.7 Å². The van der Waals surface area contributed by atoms with Crippen LogP contribution in [0.1, 0.15) is 69.8 Å². The summed E-state index contributed by atoms with van der Waals surface area (Å²) in [5.74, 6) is -0.217. The molecule has 1 N–H and O–H groups in total. The second-order valence-electron chi connectivity index (χ2n) is 7.54. The minimum absolute atomic E-state index is 0.0493. The molecule has 1 aromatic carbocycles. The van der Waals surface area contributed by atoms with Crippen LogP contribution in [0.2, 0.25) is 0 Å². The fourth-order valence-corrected chi connectivity index (χ4v) is 4.34. The summed E-state index contributed by atoms with van der Waals surface area (Å²) < 4.78 is 19.5. The molecule has 0 spiro atoms. The van der Waals surface area contributed by atoms with Crippen molar-refractivity contribution in [2.24, 2.45) is 0 Å². The summed E-state index contributed by atoms with van der Waals surface area (Å²) in [4.78, 5) is 12.9. The molecule has 25 heavy (non-hydrogen) atoms. The Morgan fingerprint density at radius 3 is 2.64 bits per heavy atom. The molecular formula is C21H30FNO2.